The molecule has 2 aliphatic rings. The first-order chi connectivity index (χ1) is 10.1. The summed E-state index contributed by atoms with van der Waals surface area (Å²) in [5.41, 5.74) is -0.604. The Labute approximate surface area is 127 Å². The molecule has 0 radical (unpaired) electrons. The van der Waals surface area contributed by atoms with Crippen LogP contribution in [0.5, 0.6) is 0 Å². The van der Waals surface area contributed by atoms with Crippen LogP contribution >= 0.6 is 0 Å². The van der Waals surface area contributed by atoms with Gasteiger partial charge in [0.25, 0.3) is 0 Å². The Hall–Kier alpha value is -1.10. The molecule has 1 atom stereocenters. The summed E-state index contributed by atoms with van der Waals surface area (Å²) in [6.07, 6.45) is 6.07. The summed E-state index contributed by atoms with van der Waals surface area (Å²) in [5, 5.41) is 3.05. The zero-order valence-corrected chi connectivity index (χ0v) is 13.3. The van der Waals surface area contributed by atoms with Crippen molar-refractivity contribution in [3.63, 3.8) is 0 Å². The normalized spacial score (nSPS) is 24.7. The Morgan fingerprint density at radius 3 is 2.62 bits per heavy atom. The molecule has 1 saturated heterocycles. The molecule has 5 heteroatoms. The Morgan fingerprint density at radius 2 is 2.00 bits per heavy atom. The summed E-state index contributed by atoms with van der Waals surface area (Å²) in [5.74, 6) is 0.171. The Bertz CT molecular complexity index is 378. The van der Waals surface area contributed by atoms with Crippen LogP contribution in [0, 0.1) is 0 Å². The van der Waals surface area contributed by atoms with Gasteiger partial charge in [0.05, 0.1) is 0 Å². The van der Waals surface area contributed by atoms with E-state index in [1.165, 1.54) is 0 Å². The van der Waals surface area contributed by atoms with E-state index < -0.39 is 5.54 Å². The maximum absolute atomic E-state index is 12.9. The van der Waals surface area contributed by atoms with Gasteiger partial charge >= 0.3 is 0 Å². The summed E-state index contributed by atoms with van der Waals surface area (Å²) in [6.45, 7) is 5.98. The van der Waals surface area contributed by atoms with E-state index in [4.69, 9.17) is 4.74 Å². The number of nitrogens with zero attached hydrogens (tertiary/aromatic N) is 1. The van der Waals surface area contributed by atoms with E-state index in [1.54, 1.807) is 0 Å². The second kappa shape index (κ2) is 7.25. The molecule has 5 nitrogen and oxygen atoms in total. The van der Waals surface area contributed by atoms with E-state index in [0.717, 1.165) is 44.9 Å². The molecule has 2 fully saturated rings. The first kappa shape index (κ1) is 16.3. The van der Waals surface area contributed by atoms with E-state index in [2.05, 4.69) is 12.2 Å². The van der Waals surface area contributed by atoms with Crippen molar-refractivity contribution >= 4 is 11.8 Å². The first-order valence-electron chi connectivity index (χ1n) is 8.35. The van der Waals surface area contributed by atoms with E-state index in [0.29, 0.717) is 19.8 Å². The van der Waals surface area contributed by atoms with Gasteiger partial charge in [-0.15, -0.1) is 0 Å². The second-order valence-electron chi connectivity index (χ2n) is 6.13. The lowest BCUT2D eigenvalue weighted by Crippen LogP contribution is -2.69. The van der Waals surface area contributed by atoms with Gasteiger partial charge in [0.1, 0.15) is 11.6 Å². The van der Waals surface area contributed by atoms with Crippen LogP contribution in [0.15, 0.2) is 0 Å². The molecule has 0 bridgehead atoms. The van der Waals surface area contributed by atoms with Gasteiger partial charge in [-0.05, 0) is 32.6 Å². The molecule has 1 heterocycles. The van der Waals surface area contributed by atoms with Gasteiger partial charge in [0.2, 0.25) is 11.8 Å². The molecule has 1 unspecified atom stereocenters. The number of hydrogen-bond donors (Lipinski definition) is 1. The molecule has 2 amide bonds. The summed E-state index contributed by atoms with van der Waals surface area (Å²) in [6, 6.07) is -0.296. The highest BCUT2D eigenvalue weighted by Gasteiger charge is 2.51. The van der Waals surface area contributed by atoms with Gasteiger partial charge in [0.15, 0.2) is 0 Å². The van der Waals surface area contributed by atoms with Crippen molar-refractivity contribution in [3.05, 3.63) is 0 Å². The van der Waals surface area contributed by atoms with E-state index in [1.807, 2.05) is 11.8 Å². The van der Waals surface area contributed by atoms with Crippen LogP contribution in [-0.2, 0) is 14.3 Å². The summed E-state index contributed by atoms with van der Waals surface area (Å²) in [7, 11) is 0. The van der Waals surface area contributed by atoms with Crippen LogP contribution in [-0.4, -0.2) is 48.1 Å². The fourth-order valence-corrected chi connectivity index (χ4v) is 3.55. The standard InChI is InChI=1S/C16H28N2O3/c1-3-8-13-14(19)17-16(9-5-6-10-16)15(20)18(13)11-7-12-21-4-2/h13H,3-12H2,1-2H3,(H,17,19). The molecule has 1 spiro atoms. The minimum Gasteiger partial charge on any atom is -0.382 e. The molecule has 2 rings (SSSR count). The molecule has 1 aliphatic heterocycles. The number of carbonyl (C=O) groups excluding carboxylic acids is 2. The Morgan fingerprint density at radius 1 is 1.29 bits per heavy atom. The van der Waals surface area contributed by atoms with Crippen LogP contribution in [0.4, 0.5) is 0 Å². The van der Waals surface area contributed by atoms with Crippen molar-refractivity contribution < 1.29 is 14.3 Å². The van der Waals surface area contributed by atoms with Crippen molar-refractivity contribution in [2.75, 3.05) is 19.8 Å². The van der Waals surface area contributed by atoms with Gasteiger partial charge in [-0.2, -0.15) is 0 Å². The Kier molecular flexibility index (Phi) is 5.62. The van der Waals surface area contributed by atoms with Crippen LogP contribution in [0.25, 0.3) is 0 Å². The molecular formula is C16H28N2O3. The minimum absolute atomic E-state index is 0.0368. The number of rotatable bonds is 7. The van der Waals surface area contributed by atoms with Crippen LogP contribution in [0.2, 0.25) is 0 Å². The number of nitrogens with one attached hydrogen (secondary N) is 1. The molecule has 1 N–H and O–H groups in total. The summed E-state index contributed by atoms with van der Waals surface area (Å²) >= 11 is 0. The minimum atomic E-state index is -0.604. The summed E-state index contributed by atoms with van der Waals surface area (Å²) in [4.78, 5) is 27.2. The maximum atomic E-state index is 12.9. The van der Waals surface area contributed by atoms with Crippen molar-refractivity contribution in [1.82, 2.24) is 10.2 Å². The maximum Gasteiger partial charge on any atom is 0.249 e. The number of piperazine rings is 1. The average molecular weight is 296 g/mol. The van der Waals surface area contributed by atoms with Gasteiger partial charge in [-0.1, -0.05) is 26.2 Å². The van der Waals surface area contributed by atoms with E-state index in [9.17, 15) is 9.59 Å². The van der Waals surface area contributed by atoms with Crippen molar-refractivity contribution in [2.24, 2.45) is 0 Å². The predicted molar refractivity (Wildman–Crippen MR) is 80.9 cm³/mol. The van der Waals surface area contributed by atoms with Crippen molar-refractivity contribution in [3.8, 4) is 0 Å². The monoisotopic (exact) mass is 296 g/mol. The van der Waals surface area contributed by atoms with E-state index >= 15 is 0 Å². The highest BCUT2D eigenvalue weighted by molar-refractivity contribution is 6.00. The number of amides is 2. The molecular weight excluding hydrogens is 268 g/mol. The molecule has 21 heavy (non-hydrogen) atoms. The average Bonchev–Trinajstić information content (AvgIpc) is 2.93. The fraction of sp³-hybridized carbons (Fsp3) is 0.875. The highest BCUT2D eigenvalue weighted by atomic mass is 16.5. The highest BCUT2D eigenvalue weighted by Crippen LogP contribution is 2.35. The van der Waals surface area contributed by atoms with Crippen molar-refractivity contribution in [1.29, 1.82) is 0 Å². The third-order valence-corrected chi connectivity index (χ3v) is 4.62. The van der Waals surface area contributed by atoms with Crippen LogP contribution in [0.3, 0.4) is 0 Å². The topological polar surface area (TPSA) is 58.6 Å². The largest absolute Gasteiger partial charge is 0.382 e. The second-order valence-corrected chi connectivity index (χ2v) is 6.13. The van der Waals surface area contributed by atoms with Gasteiger partial charge < -0.3 is 15.0 Å². The lowest BCUT2D eigenvalue weighted by Gasteiger charge is -2.44. The molecule has 1 saturated carbocycles. The van der Waals surface area contributed by atoms with Gasteiger partial charge in [-0.3, -0.25) is 9.59 Å². The first-order valence-corrected chi connectivity index (χ1v) is 8.35. The smallest absolute Gasteiger partial charge is 0.249 e. The summed E-state index contributed by atoms with van der Waals surface area (Å²) < 4.78 is 5.36. The lowest BCUT2D eigenvalue weighted by molar-refractivity contribution is -0.155. The molecule has 1 aliphatic carbocycles. The quantitative estimate of drug-likeness (QED) is 0.729. The van der Waals surface area contributed by atoms with Crippen LogP contribution < -0.4 is 5.32 Å². The lowest BCUT2D eigenvalue weighted by atomic mass is 9.89. The van der Waals surface area contributed by atoms with E-state index in [-0.39, 0.29) is 17.9 Å². The number of ether oxygens (including phenoxy) is 1. The number of hydrogen-bond acceptors (Lipinski definition) is 3. The van der Waals surface area contributed by atoms with Gasteiger partial charge in [-0.25, -0.2) is 0 Å². The molecule has 0 aromatic heterocycles. The third kappa shape index (κ3) is 3.39. The zero-order chi connectivity index (χ0) is 15.3. The third-order valence-electron chi connectivity index (χ3n) is 4.62. The molecule has 120 valence electrons. The SMILES string of the molecule is CCCC1C(=O)NC2(CCCC2)C(=O)N1CCCOCC. The Balaban J connectivity index is 2.08. The number of carbonyl (C=O) groups is 2. The van der Waals surface area contributed by atoms with Crippen molar-refractivity contribution in [2.45, 2.75) is 70.4 Å². The molecule has 0 aromatic rings. The molecule has 0 aromatic carbocycles. The zero-order valence-electron chi connectivity index (χ0n) is 13.3. The predicted octanol–water partition coefficient (Wildman–Crippen LogP) is 1.85. The van der Waals surface area contributed by atoms with Gasteiger partial charge in [0, 0.05) is 19.8 Å². The van der Waals surface area contributed by atoms with Crippen LogP contribution in [0.1, 0.15) is 58.8 Å². The fourth-order valence-electron chi connectivity index (χ4n) is 3.55.